The Morgan fingerprint density at radius 3 is 2.00 bits per heavy atom. The Balaban J connectivity index is 2.99. The summed E-state index contributed by atoms with van der Waals surface area (Å²) in [5.41, 5.74) is -0.0121. The number of alkyl halides is 2. The average Bonchev–Trinajstić information content (AvgIpc) is 1.86. The average molecular weight is 177 g/mol. The molecule has 3 heteroatoms. The van der Waals surface area contributed by atoms with Crippen LogP contribution in [-0.4, -0.2) is 0 Å². The van der Waals surface area contributed by atoms with Crippen molar-refractivity contribution in [2.45, 2.75) is 12.8 Å². The maximum atomic E-state index is 12.5. The molecule has 0 aliphatic heterocycles. The molecule has 0 bridgehead atoms. The van der Waals surface area contributed by atoms with E-state index < -0.39 is 5.92 Å². The van der Waals surface area contributed by atoms with Crippen molar-refractivity contribution in [3.05, 3.63) is 34.9 Å². The minimum atomic E-state index is -2.77. The Morgan fingerprint density at radius 2 is 1.64 bits per heavy atom. The van der Waals surface area contributed by atoms with Crippen LogP contribution in [0.3, 0.4) is 0 Å². The molecule has 0 radical (unpaired) electrons. The van der Waals surface area contributed by atoms with Gasteiger partial charge in [-0.05, 0) is 12.1 Å². The monoisotopic (exact) mass is 176 g/mol. The van der Waals surface area contributed by atoms with E-state index in [0.717, 1.165) is 6.92 Å². The summed E-state index contributed by atoms with van der Waals surface area (Å²) < 4.78 is 25.1. The van der Waals surface area contributed by atoms with E-state index in [1.807, 2.05) is 0 Å². The predicted molar refractivity (Wildman–Crippen MR) is 41.0 cm³/mol. The van der Waals surface area contributed by atoms with Gasteiger partial charge >= 0.3 is 0 Å². The molecule has 0 spiro atoms. The second kappa shape index (κ2) is 2.78. The fraction of sp³-hybridized carbons (Fsp3) is 0.250. The third kappa shape index (κ3) is 2.15. The van der Waals surface area contributed by atoms with Crippen molar-refractivity contribution < 1.29 is 8.78 Å². The molecule has 1 rings (SSSR count). The lowest BCUT2D eigenvalue weighted by atomic mass is 10.1. The summed E-state index contributed by atoms with van der Waals surface area (Å²) in [6.45, 7) is 0.857. The summed E-state index contributed by atoms with van der Waals surface area (Å²) in [5, 5.41) is 0.470. The summed E-state index contributed by atoms with van der Waals surface area (Å²) in [6.07, 6.45) is 0. The molecule has 0 N–H and O–H groups in total. The molecule has 0 amide bonds. The number of benzene rings is 1. The molecule has 1 aromatic rings. The van der Waals surface area contributed by atoms with Crippen LogP contribution in [0.2, 0.25) is 5.02 Å². The van der Waals surface area contributed by atoms with E-state index in [1.54, 1.807) is 0 Å². The van der Waals surface area contributed by atoms with Crippen molar-refractivity contribution in [2.75, 3.05) is 0 Å². The highest BCUT2D eigenvalue weighted by atomic mass is 35.5. The Labute approximate surface area is 68.8 Å². The minimum absolute atomic E-state index is 0.0121. The van der Waals surface area contributed by atoms with Crippen molar-refractivity contribution in [1.82, 2.24) is 0 Å². The van der Waals surface area contributed by atoms with Crippen LogP contribution in [0.1, 0.15) is 12.5 Å². The first-order valence-corrected chi connectivity index (χ1v) is 3.52. The van der Waals surface area contributed by atoms with E-state index in [-0.39, 0.29) is 5.56 Å². The van der Waals surface area contributed by atoms with Crippen molar-refractivity contribution in [2.24, 2.45) is 0 Å². The molecule has 0 unspecified atom stereocenters. The van der Waals surface area contributed by atoms with Crippen LogP contribution < -0.4 is 0 Å². The zero-order valence-electron chi connectivity index (χ0n) is 5.94. The van der Waals surface area contributed by atoms with Gasteiger partial charge in [0.15, 0.2) is 0 Å². The highest BCUT2D eigenvalue weighted by Crippen LogP contribution is 2.27. The topological polar surface area (TPSA) is 0 Å². The van der Waals surface area contributed by atoms with Crippen molar-refractivity contribution in [1.29, 1.82) is 0 Å². The number of hydrogen-bond acceptors (Lipinski definition) is 0. The zero-order chi connectivity index (χ0) is 8.48. The molecule has 11 heavy (non-hydrogen) atoms. The van der Waals surface area contributed by atoms with Crippen LogP contribution in [0.15, 0.2) is 24.3 Å². The van der Waals surface area contributed by atoms with Gasteiger partial charge in [-0.3, -0.25) is 0 Å². The fourth-order valence-electron chi connectivity index (χ4n) is 0.743. The SMILES string of the molecule is CC(F)(F)c1ccc(Cl)cc1. The molecule has 0 nitrogen and oxygen atoms in total. The largest absolute Gasteiger partial charge is 0.270 e. The quantitative estimate of drug-likeness (QED) is 0.615. The minimum Gasteiger partial charge on any atom is -0.202 e. The van der Waals surface area contributed by atoms with Gasteiger partial charge < -0.3 is 0 Å². The van der Waals surface area contributed by atoms with E-state index in [4.69, 9.17) is 11.6 Å². The molecule has 60 valence electrons. The van der Waals surface area contributed by atoms with Crippen molar-refractivity contribution >= 4 is 11.6 Å². The van der Waals surface area contributed by atoms with E-state index in [9.17, 15) is 8.78 Å². The molecule has 0 aliphatic rings. The third-order valence-electron chi connectivity index (χ3n) is 1.35. The second-order valence-electron chi connectivity index (χ2n) is 2.40. The zero-order valence-corrected chi connectivity index (χ0v) is 6.70. The lowest BCUT2D eigenvalue weighted by molar-refractivity contribution is 0.0175. The number of rotatable bonds is 1. The normalized spacial score (nSPS) is 11.6. The van der Waals surface area contributed by atoms with Gasteiger partial charge in [0.2, 0.25) is 0 Å². The smallest absolute Gasteiger partial charge is 0.202 e. The number of halogens is 3. The Morgan fingerprint density at radius 1 is 1.18 bits per heavy atom. The number of hydrogen-bond donors (Lipinski definition) is 0. The summed E-state index contributed by atoms with van der Waals surface area (Å²) >= 11 is 5.52. The predicted octanol–water partition coefficient (Wildman–Crippen LogP) is 3.45. The van der Waals surface area contributed by atoms with Crippen molar-refractivity contribution in [3.8, 4) is 0 Å². The molecule has 0 fully saturated rings. The summed E-state index contributed by atoms with van der Waals surface area (Å²) in [5.74, 6) is -2.77. The van der Waals surface area contributed by atoms with E-state index in [0.29, 0.717) is 5.02 Å². The van der Waals surface area contributed by atoms with E-state index in [1.165, 1.54) is 24.3 Å². The van der Waals surface area contributed by atoms with E-state index >= 15 is 0 Å². The third-order valence-corrected chi connectivity index (χ3v) is 1.60. The first-order valence-electron chi connectivity index (χ1n) is 3.14. The van der Waals surface area contributed by atoms with Gasteiger partial charge in [0.1, 0.15) is 0 Å². The molecule has 0 heterocycles. The fourth-order valence-corrected chi connectivity index (χ4v) is 0.869. The van der Waals surface area contributed by atoms with Gasteiger partial charge in [-0.2, -0.15) is 0 Å². The highest BCUT2D eigenvalue weighted by Gasteiger charge is 2.23. The summed E-state index contributed by atoms with van der Waals surface area (Å²) in [6, 6.07) is 5.55. The Kier molecular flexibility index (Phi) is 2.14. The van der Waals surface area contributed by atoms with Gasteiger partial charge in [-0.25, -0.2) is 8.78 Å². The molecule has 0 aliphatic carbocycles. The van der Waals surface area contributed by atoms with Gasteiger partial charge in [0.25, 0.3) is 5.92 Å². The molecule has 0 atom stereocenters. The van der Waals surface area contributed by atoms with Gasteiger partial charge in [0.05, 0.1) is 0 Å². The highest BCUT2D eigenvalue weighted by molar-refractivity contribution is 6.30. The van der Waals surface area contributed by atoms with Crippen LogP contribution in [-0.2, 0) is 5.92 Å². The lowest BCUT2D eigenvalue weighted by Crippen LogP contribution is -2.05. The molecule has 1 aromatic carbocycles. The van der Waals surface area contributed by atoms with Crippen LogP contribution in [0.4, 0.5) is 8.78 Å². The van der Waals surface area contributed by atoms with Crippen molar-refractivity contribution in [3.63, 3.8) is 0 Å². The summed E-state index contributed by atoms with van der Waals surface area (Å²) in [7, 11) is 0. The van der Waals surface area contributed by atoms with Crippen LogP contribution >= 0.6 is 11.6 Å². The standard InChI is InChI=1S/C8H7ClF2/c1-8(10,11)6-2-4-7(9)5-3-6/h2-5H,1H3. The second-order valence-corrected chi connectivity index (χ2v) is 2.83. The van der Waals surface area contributed by atoms with Crippen LogP contribution in [0.25, 0.3) is 0 Å². The maximum Gasteiger partial charge on any atom is 0.270 e. The molecular formula is C8H7ClF2. The first-order chi connectivity index (χ1) is 5.00. The van der Waals surface area contributed by atoms with Gasteiger partial charge in [0, 0.05) is 17.5 Å². The Bertz CT molecular complexity index is 235. The molecule has 0 saturated heterocycles. The van der Waals surface area contributed by atoms with Gasteiger partial charge in [-0.15, -0.1) is 0 Å². The molecular weight excluding hydrogens is 170 g/mol. The van der Waals surface area contributed by atoms with E-state index in [2.05, 4.69) is 0 Å². The lowest BCUT2D eigenvalue weighted by Gasteiger charge is -2.09. The Hall–Kier alpha value is -0.630. The van der Waals surface area contributed by atoms with Crippen LogP contribution in [0, 0.1) is 0 Å². The van der Waals surface area contributed by atoms with Gasteiger partial charge in [-0.1, -0.05) is 23.7 Å². The maximum absolute atomic E-state index is 12.5. The first kappa shape index (κ1) is 8.47. The summed E-state index contributed by atoms with van der Waals surface area (Å²) in [4.78, 5) is 0. The van der Waals surface area contributed by atoms with Crippen LogP contribution in [0.5, 0.6) is 0 Å². The molecule has 0 saturated carbocycles. The molecule has 0 aromatic heterocycles.